The molecule has 4 N–H and O–H groups in total. The molecule has 0 aromatic heterocycles. The van der Waals surface area contributed by atoms with Crippen LogP contribution < -0.4 is 0 Å². The molecule has 0 fully saturated rings. The van der Waals surface area contributed by atoms with Crippen molar-refractivity contribution in [3.05, 3.63) is 0 Å². The van der Waals surface area contributed by atoms with Crippen LogP contribution in [0.1, 0.15) is 0 Å². The Kier molecular flexibility index (Phi) is 10.9. The van der Waals surface area contributed by atoms with Gasteiger partial charge in [0.1, 0.15) is 0 Å². The number of hydrogen-bond acceptors (Lipinski definition) is 4. The van der Waals surface area contributed by atoms with Crippen molar-refractivity contribution < 1.29 is 38.7 Å². The smallest absolute Gasteiger partial charge is 0.368 e. The fourth-order valence-corrected chi connectivity index (χ4v) is 0. The topological polar surface area (TPSA) is 80.9 Å². The first kappa shape index (κ1) is 15.6. The van der Waals surface area contributed by atoms with Crippen molar-refractivity contribution in [3.8, 4) is 0 Å². The monoisotopic (exact) mass is 174 g/mol. The SMILES string of the molecule is B.O[Si](O)(O)O.[Zn]. The first-order valence-corrected chi connectivity index (χ1v) is 2.68. The van der Waals surface area contributed by atoms with E-state index in [1.807, 2.05) is 0 Å². The molecule has 0 amide bonds. The Morgan fingerprint density at radius 1 is 0.857 bits per heavy atom. The van der Waals surface area contributed by atoms with Gasteiger partial charge in [-0.2, -0.15) is 0 Å². The second-order valence-electron chi connectivity index (χ2n) is 0.600. The Morgan fingerprint density at radius 2 is 0.857 bits per heavy atom. The Balaban J connectivity index is -0.0000000800. The summed E-state index contributed by atoms with van der Waals surface area (Å²) in [5, 5.41) is 0. The summed E-state index contributed by atoms with van der Waals surface area (Å²) in [5.41, 5.74) is 0. The van der Waals surface area contributed by atoms with Gasteiger partial charge in [-0.05, 0) is 0 Å². The first-order valence-electron chi connectivity index (χ1n) is 0.894. The molecule has 40 valence electrons. The van der Waals surface area contributed by atoms with Crippen LogP contribution >= 0.6 is 0 Å². The molecule has 0 unspecified atom stereocenters. The largest absolute Gasteiger partial charge is 0.668 e. The van der Waals surface area contributed by atoms with Crippen molar-refractivity contribution in [2.45, 2.75) is 0 Å². The molecule has 0 aromatic carbocycles. The molecule has 4 nitrogen and oxygen atoms in total. The first-order chi connectivity index (χ1) is 2.00. The van der Waals surface area contributed by atoms with Crippen molar-refractivity contribution in [1.29, 1.82) is 0 Å². The average molecular weight is 175 g/mol. The maximum Gasteiger partial charge on any atom is 0.668 e. The molecule has 0 aliphatic rings. The number of hydrogen-bond donors (Lipinski definition) is 4. The zero-order valence-electron chi connectivity index (χ0n) is 3.00. The van der Waals surface area contributed by atoms with E-state index in [4.69, 9.17) is 19.2 Å². The Labute approximate surface area is 56.6 Å². The van der Waals surface area contributed by atoms with Crippen LogP contribution in [-0.2, 0) is 19.5 Å². The summed E-state index contributed by atoms with van der Waals surface area (Å²) in [5.74, 6) is 0. The van der Waals surface area contributed by atoms with Crippen LogP contribution in [0.25, 0.3) is 0 Å². The van der Waals surface area contributed by atoms with Gasteiger partial charge in [-0.3, -0.25) is 0 Å². The normalized spacial score (nSPS) is 8.57. The fraction of sp³-hybridized carbons (Fsp3) is 0. The zero-order chi connectivity index (χ0) is 4.50. The van der Waals surface area contributed by atoms with Gasteiger partial charge in [-0.1, -0.05) is 0 Å². The minimum absolute atomic E-state index is 0. The van der Waals surface area contributed by atoms with Gasteiger partial charge >= 0.3 is 9.05 Å². The predicted molar refractivity (Wildman–Crippen MR) is 24.6 cm³/mol. The summed E-state index contributed by atoms with van der Waals surface area (Å²) >= 11 is 0. The number of rotatable bonds is 0. The van der Waals surface area contributed by atoms with E-state index in [2.05, 4.69) is 0 Å². The van der Waals surface area contributed by atoms with Crippen LogP contribution in [0, 0.1) is 0 Å². The van der Waals surface area contributed by atoms with Gasteiger partial charge in [0.2, 0.25) is 0 Å². The van der Waals surface area contributed by atoms with Crippen LogP contribution in [0.15, 0.2) is 0 Å². The molecule has 0 bridgehead atoms. The van der Waals surface area contributed by atoms with E-state index in [0.717, 1.165) is 0 Å². The molecule has 0 aliphatic carbocycles. The summed E-state index contributed by atoms with van der Waals surface area (Å²) in [4.78, 5) is 29.3. The summed E-state index contributed by atoms with van der Waals surface area (Å²) < 4.78 is 0. The third-order valence-electron chi connectivity index (χ3n) is 0. The second-order valence-corrected chi connectivity index (χ2v) is 1.80. The zero-order valence-corrected chi connectivity index (χ0v) is 6.96. The Morgan fingerprint density at radius 3 is 0.857 bits per heavy atom. The molecule has 0 aromatic rings. The Bertz CT molecular complexity index is 27.2. The van der Waals surface area contributed by atoms with Crippen LogP contribution in [0.2, 0.25) is 0 Å². The molecule has 0 saturated carbocycles. The van der Waals surface area contributed by atoms with E-state index in [9.17, 15) is 0 Å². The molecule has 0 heterocycles. The maximum atomic E-state index is 7.33. The van der Waals surface area contributed by atoms with Crippen LogP contribution in [0.3, 0.4) is 0 Å². The molecule has 0 atom stereocenters. The summed E-state index contributed by atoms with van der Waals surface area (Å²) in [6.07, 6.45) is 0. The van der Waals surface area contributed by atoms with Gasteiger partial charge in [0, 0.05) is 19.5 Å². The van der Waals surface area contributed by atoms with E-state index in [0.29, 0.717) is 0 Å². The minimum atomic E-state index is -4.61. The minimum Gasteiger partial charge on any atom is -0.368 e. The summed E-state index contributed by atoms with van der Waals surface area (Å²) in [6.45, 7) is 0. The van der Waals surface area contributed by atoms with Gasteiger partial charge in [0.05, 0.1) is 8.41 Å². The quantitative estimate of drug-likeness (QED) is 0.285. The van der Waals surface area contributed by atoms with Gasteiger partial charge < -0.3 is 19.2 Å². The summed E-state index contributed by atoms with van der Waals surface area (Å²) in [6, 6.07) is 0. The third-order valence-corrected chi connectivity index (χ3v) is 0. The molecule has 0 radical (unpaired) electrons. The van der Waals surface area contributed by atoms with Gasteiger partial charge in [-0.25, -0.2) is 0 Å². The van der Waals surface area contributed by atoms with Gasteiger partial charge in [-0.15, -0.1) is 0 Å². The average Bonchev–Trinajstić information content (AvgIpc) is 0.722. The maximum absolute atomic E-state index is 7.33. The van der Waals surface area contributed by atoms with Crippen molar-refractivity contribution in [2.24, 2.45) is 0 Å². The van der Waals surface area contributed by atoms with Crippen molar-refractivity contribution in [3.63, 3.8) is 0 Å². The molecule has 0 aliphatic heterocycles. The van der Waals surface area contributed by atoms with E-state index < -0.39 is 9.05 Å². The third kappa shape index (κ3) is 274. The molecular weight excluding hydrogens is 168 g/mol. The van der Waals surface area contributed by atoms with E-state index in [1.165, 1.54) is 0 Å². The standard InChI is InChI=1S/BH3.H4O4Si.Zn/c;1-5(2,3)4;/h1H3;1-4H;. The van der Waals surface area contributed by atoms with E-state index >= 15 is 0 Å². The van der Waals surface area contributed by atoms with Crippen LogP contribution in [0.4, 0.5) is 0 Å². The molecule has 0 rings (SSSR count). The van der Waals surface area contributed by atoms with E-state index in [-0.39, 0.29) is 27.9 Å². The van der Waals surface area contributed by atoms with Crippen LogP contribution in [0.5, 0.6) is 0 Å². The van der Waals surface area contributed by atoms with Gasteiger partial charge in [0.15, 0.2) is 0 Å². The van der Waals surface area contributed by atoms with Crippen molar-refractivity contribution in [1.82, 2.24) is 0 Å². The second kappa shape index (κ2) is 4.89. The molecular formula is H7BO4SiZn. The molecule has 7 heavy (non-hydrogen) atoms. The van der Waals surface area contributed by atoms with Crippen molar-refractivity contribution >= 4 is 17.5 Å². The van der Waals surface area contributed by atoms with E-state index in [1.54, 1.807) is 0 Å². The molecule has 7 heteroatoms. The van der Waals surface area contributed by atoms with Gasteiger partial charge in [0.25, 0.3) is 0 Å². The Hall–Kier alpha value is 0.745. The predicted octanol–water partition coefficient (Wildman–Crippen LogP) is -3.80. The molecule has 0 saturated heterocycles. The fourth-order valence-electron chi connectivity index (χ4n) is 0. The molecule has 0 spiro atoms. The summed E-state index contributed by atoms with van der Waals surface area (Å²) in [7, 11) is -4.61. The van der Waals surface area contributed by atoms with Crippen molar-refractivity contribution in [2.75, 3.05) is 0 Å². The van der Waals surface area contributed by atoms with Crippen LogP contribution in [-0.4, -0.2) is 36.6 Å².